The average molecular weight is 346 g/mol. The Morgan fingerprint density at radius 3 is 1.25 bits per heavy atom. The molecule has 0 atom stereocenters. The van der Waals surface area contributed by atoms with E-state index in [2.05, 4.69) is 0 Å². The smallest absolute Gasteiger partial charge is 0.481 e. The number of hydrogen-bond donors (Lipinski definition) is 4. The molecular weight excluding hydrogens is 338 g/mol. The Bertz CT molecular complexity index is 241. The van der Waals surface area contributed by atoms with Crippen LogP contribution in [0.3, 0.4) is 0 Å². The first-order chi connectivity index (χ1) is 5.78. The van der Waals surface area contributed by atoms with Crippen LogP contribution in [0.1, 0.15) is 12.8 Å². The van der Waals surface area contributed by atoms with Crippen molar-refractivity contribution >= 4 is 17.9 Å². The number of aliphatic hydroxyl groups is 1. The Morgan fingerprint density at radius 1 is 0.875 bits per heavy atom. The van der Waals surface area contributed by atoms with Crippen LogP contribution in [0.25, 0.3) is 0 Å². The van der Waals surface area contributed by atoms with Crippen molar-refractivity contribution in [3.05, 3.63) is 0 Å². The number of carboxylic acid groups (broad SMARTS) is 3. The van der Waals surface area contributed by atoms with Crippen LogP contribution >= 0.6 is 0 Å². The van der Waals surface area contributed by atoms with Crippen molar-refractivity contribution in [2.75, 3.05) is 0 Å². The van der Waals surface area contributed by atoms with Crippen LogP contribution in [0.5, 0.6) is 0 Å². The minimum Gasteiger partial charge on any atom is -0.481 e. The third-order valence-electron chi connectivity index (χ3n) is 1.29. The molecule has 10 heteroatoms. The van der Waals surface area contributed by atoms with E-state index in [0.717, 1.165) is 0 Å². The van der Waals surface area contributed by atoms with E-state index in [0.29, 0.717) is 0 Å². The second-order valence-electron chi connectivity index (χ2n) is 2.48. The third-order valence-corrected chi connectivity index (χ3v) is 1.29. The van der Waals surface area contributed by atoms with Gasteiger partial charge in [-0.15, -0.1) is 0 Å². The van der Waals surface area contributed by atoms with E-state index in [-0.39, 0.29) is 68.5 Å². The van der Waals surface area contributed by atoms with Crippen LogP contribution in [-0.4, -0.2) is 43.9 Å². The molecule has 0 saturated heterocycles. The molecule has 0 aliphatic heterocycles. The van der Waals surface area contributed by atoms with Gasteiger partial charge in [0.25, 0.3) is 0 Å². The zero-order valence-electron chi connectivity index (χ0n) is 8.84. The topological polar surface area (TPSA) is 132 Å². The molecular formula is C6H8NaO7Zn2+5. The molecule has 0 aromatic rings. The fourth-order valence-corrected chi connectivity index (χ4v) is 0.714. The maximum atomic E-state index is 10.3. The summed E-state index contributed by atoms with van der Waals surface area (Å²) >= 11 is 0. The van der Waals surface area contributed by atoms with E-state index in [1.54, 1.807) is 0 Å². The Morgan fingerprint density at radius 2 is 1.12 bits per heavy atom. The van der Waals surface area contributed by atoms with Gasteiger partial charge in [0.15, 0.2) is 5.60 Å². The summed E-state index contributed by atoms with van der Waals surface area (Å²) in [6, 6.07) is 0. The van der Waals surface area contributed by atoms with Gasteiger partial charge in [0.2, 0.25) is 0 Å². The first-order valence-corrected chi connectivity index (χ1v) is 3.17. The molecule has 0 rings (SSSR count). The Kier molecular flexibility index (Phi) is 17.1. The van der Waals surface area contributed by atoms with Crippen molar-refractivity contribution in [2.45, 2.75) is 18.4 Å². The fourth-order valence-electron chi connectivity index (χ4n) is 0.714. The Labute approximate surface area is 138 Å². The molecule has 0 unspecified atom stereocenters. The third kappa shape index (κ3) is 9.82. The molecule has 0 saturated carbocycles. The maximum Gasteiger partial charge on any atom is 2.00 e. The fraction of sp³-hybridized carbons (Fsp3) is 0.500. The van der Waals surface area contributed by atoms with Crippen LogP contribution < -0.4 is 29.6 Å². The van der Waals surface area contributed by atoms with Crippen molar-refractivity contribution in [3.8, 4) is 0 Å². The number of rotatable bonds is 5. The van der Waals surface area contributed by atoms with Gasteiger partial charge in [-0.25, -0.2) is 4.79 Å². The van der Waals surface area contributed by atoms with Crippen LogP contribution in [0.2, 0.25) is 0 Å². The second-order valence-corrected chi connectivity index (χ2v) is 2.48. The number of hydrogen-bond acceptors (Lipinski definition) is 4. The molecule has 0 amide bonds. The predicted octanol–water partition coefficient (Wildman–Crippen LogP) is -4.25. The van der Waals surface area contributed by atoms with Crippen LogP contribution in [0, 0.1) is 0 Å². The van der Waals surface area contributed by atoms with Gasteiger partial charge in [-0.3, -0.25) is 9.59 Å². The van der Waals surface area contributed by atoms with E-state index in [9.17, 15) is 14.4 Å². The van der Waals surface area contributed by atoms with Gasteiger partial charge >= 0.3 is 86.4 Å². The SMILES string of the molecule is O=C(O)CC(O)(CC(=O)O)C(=O)O.[Na+].[Zn+2].[Zn+2]. The van der Waals surface area contributed by atoms with Crippen molar-refractivity contribution in [2.24, 2.45) is 0 Å². The minimum atomic E-state index is -2.74. The standard InChI is InChI=1S/C6H8O7.Na.2Zn/c7-3(8)1-6(13,5(11)12)2-4(9)10;;;/h13H,1-2H2,(H,7,8)(H,9,10)(H,11,12);;;/q;+1;2*+2. The van der Waals surface area contributed by atoms with Crippen LogP contribution in [0.4, 0.5) is 0 Å². The largest absolute Gasteiger partial charge is 2.00 e. The molecule has 0 heterocycles. The van der Waals surface area contributed by atoms with Gasteiger partial charge in [-0.05, 0) is 0 Å². The summed E-state index contributed by atoms with van der Waals surface area (Å²) < 4.78 is 0. The Hall–Kier alpha value is 0.617. The first kappa shape index (κ1) is 25.5. The van der Waals surface area contributed by atoms with E-state index >= 15 is 0 Å². The molecule has 16 heavy (non-hydrogen) atoms. The number of carbonyl (C=O) groups is 3. The molecule has 74 valence electrons. The van der Waals surface area contributed by atoms with E-state index in [1.807, 2.05) is 0 Å². The molecule has 0 radical (unpaired) electrons. The van der Waals surface area contributed by atoms with Gasteiger partial charge in [-0.1, -0.05) is 0 Å². The number of carboxylic acids is 3. The van der Waals surface area contributed by atoms with Crippen molar-refractivity contribution in [3.63, 3.8) is 0 Å². The zero-order chi connectivity index (χ0) is 10.6. The molecule has 4 N–H and O–H groups in total. The van der Waals surface area contributed by atoms with Crippen LogP contribution in [-0.2, 0) is 53.3 Å². The summed E-state index contributed by atoms with van der Waals surface area (Å²) in [5, 5.41) is 33.8. The average Bonchev–Trinajstić information content (AvgIpc) is 1.82. The molecule has 0 aliphatic rings. The molecule has 0 spiro atoms. The molecule has 0 bridgehead atoms. The minimum absolute atomic E-state index is 0. The summed E-state index contributed by atoms with van der Waals surface area (Å²) in [7, 11) is 0. The van der Waals surface area contributed by atoms with Gasteiger partial charge < -0.3 is 20.4 Å². The summed E-state index contributed by atoms with van der Waals surface area (Å²) in [6.45, 7) is 0. The molecule has 0 aliphatic carbocycles. The number of aliphatic carboxylic acids is 3. The van der Waals surface area contributed by atoms with Crippen LogP contribution in [0.15, 0.2) is 0 Å². The monoisotopic (exact) mass is 343 g/mol. The van der Waals surface area contributed by atoms with Crippen molar-refractivity contribution in [1.82, 2.24) is 0 Å². The second kappa shape index (κ2) is 10.8. The van der Waals surface area contributed by atoms with E-state index < -0.39 is 36.4 Å². The van der Waals surface area contributed by atoms with Gasteiger partial charge in [0.1, 0.15) is 0 Å². The molecule has 0 fully saturated rings. The summed E-state index contributed by atoms with van der Waals surface area (Å²) in [5.74, 6) is -5.02. The maximum absolute atomic E-state index is 10.3. The van der Waals surface area contributed by atoms with Gasteiger partial charge in [-0.2, -0.15) is 0 Å². The normalized spacial score (nSPS) is 8.81. The first-order valence-electron chi connectivity index (χ1n) is 3.17. The summed E-state index contributed by atoms with van der Waals surface area (Å²) in [5.41, 5.74) is -2.74. The van der Waals surface area contributed by atoms with Gasteiger partial charge in [0.05, 0.1) is 12.8 Å². The molecule has 0 aromatic carbocycles. The summed E-state index contributed by atoms with van der Waals surface area (Å²) in [6.07, 6.45) is -2.29. The summed E-state index contributed by atoms with van der Waals surface area (Å²) in [4.78, 5) is 30.5. The molecule has 0 aromatic heterocycles. The predicted molar refractivity (Wildman–Crippen MR) is 37.1 cm³/mol. The zero-order valence-corrected chi connectivity index (χ0v) is 16.8. The van der Waals surface area contributed by atoms with E-state index in [1.165, 1.54) is 0 Å². The van der Waals surface area contributed by atoms with Gasteiger partial charge in [0, 0.05) is 0 Å². The van der Waals surface area contributed by atoms with Crippen molar-refractivity contribution in [1.29, 1.82) is 0 Å². The molecule has 7 nitrogen and oxygen atoms in total. The van der Waals surface area contributed by atoms with E-state index in [4.69, 9.17) is 20.4 Å². The quantitative estimate of drug-likeness (QED) is 0.371. The Balaban J connectivity index is -0.000000240. The van der Waals surface area contributed by atoms with Crippen molar-refractivity contribution < 1.29 is 103 Å².